The van der Waals surface area contributed by atoms with Crippen LogP contribution >= 0.6 is 11.3 Å². The molecule has 1 atom stereocenters. The Balaban J connectivity index is -0.000000270. The smallest absolute Gasteiger partial charge is 0.293 e. The molecule has 0 saturated carbocycles. The van der Waals surface area contributed by atoms with Crippen molar-refractivity contribution in [3.05, 3.63) is 34.5 Å². The Morgan fingerprint density at radius 2 is 1.74 bits per heavy atom. The number of allylic oxidation sites excluding steroid dienone is 2. The lowest BCUT2D eigenvalue weighted by Gasteiger charge is -2.14. The van der Waals surface area contributed by atoms with Crippen LogP contribution in [0.1, 0.15) is 66.5 Å². The topological polar surface area (TPSA) is 69.4 Å². The van der Waals surface area contributed by atoms with Crippen molar-refractivity contribution >= 4 is 24.1 Å². The SMILES string of the molecule is C/C=C\C.CC.CC(C)(C)OC=O.NC(CC=O)c1ccsc1. The maximum Gasteiger partial charge on any atom is 0.293 e. The van der Waals surface area contributed by atoms with Crippen LogP contribution in [-0.2, 0) is 14.3 Å². The summed E-state index contributed by atoms with van der Waals surface area (Å²) in [7, 11) is 0. The Labute approximate surface area is 145 Å². The van der Waals surface area contributed by atoms with E-state index in [0.29, 0.717) is 12.9 Å². The summed E-state index contributed by atoms with van der Waals surface area (Å²) in [6.45, 7) is 13.9. The molecule has 0 saturated heterocycles. The first kappa shape index (κ1) is 26.4. The van der Waals surface area contributed by atoms with Gasteiger partial charge in [0.15, 0.2) is 0 Å². The van der Waals surface area contributed by atoms with E-state index in [9.17, 15) is 9.59 Å². The van der Waals surface area contributed by atoms with Crippen LogP contribution in [0.15, 0.2) is 29.0 Å². The van der Waals surface area contributed by atoms with Gasteiger partial charge in [-0.3, -0.25) is 4.79 Å². The molecule has 0 aromatic carbocycles. The van der Waals surface area contributed by atoms with E-state index in [2.05, 4.69) is 4.74 Å². The van der Waals surface area contributed by atoms with Gasteiger partial charge in [0.2, 0.25) is 0 Å². The number of thiophene rings is 1. The Morgan fingerprint density at radius 3 is 1.96 bits per heavy atom. The Kier molecular flexibility index (Phi) is 21.4. The maximum atomic E-state index is 10.0. The molecule has 23 heavy (non-hydrogen) atoms. The average molecular weight is 344 g/mol. The zero-order valence-electron chi connectivity index (χ0n) is 15.5. The molecular formula is C18H33NO3S. The maximum absolute atomic E-state index is 10.0. The van der Waals surface area contributed by atoms with Gasteiger partial charge in [0.25, 0.3) is 6.47 Å². The highest BCUT2D eigenvalue weighted by molar-refractivity contribution is 7.07. The lowest BCUT2D eigenvalue weighted by molar-refractivity contribution is -0.138. The van der Waals surface area contributed by atoms with Crippen LogP contribution < -0.4 is 5.73 Å². The van der Waals surface area contributed by atoms with Gasteiger partial charge >= 0.3 is 0 Å². The van der Waals surface area contributed by atoms with Crippen LogP contribution in [0, 0.1) is 0 Å². The molecule has 0 aliphatic carbocycles. The molecule has 0 amide bonds. The molecule has 0 aliphatic rings. The van der Waals surface area contributed by atoms with Gasteiger partial charge in [0.1, 0.15) is 11.9 Å². The summed E-state index contributed by atoms with van der Waals surface area (Å²) in [6, 6.07) is 1.84. The highest BCUT2D eigenvalue weighted by Gasteiger charge is 2.07. The van der Waals surface area contributed by atoms with Crippen molar-refractivity contribution in [2.75, 3.05) is 0 Å². The minimum Gasteiger partial charge on any atom is -0.462 e. The molecule has 0 fully saturated rings. The van der Waals surface area contributed by atoms with E-state index in [-0.39, 0.29) is 11.6 Å². The molecule has 1 heterocycles. The summed E-state index contributed by atoms with van der Waals surface area (Å²) in [5, 5.41) is 3.92. The third-order valence-corrected chi connectivity index (χ3v) is 2.76. The van der Waals surface area contributed by atoms with Crippen LogP contribution in [0.3, 0.4) is 0 Å². The van der Waals surface area contributed by atoms with E-state index < -0.39 is 0 Å². The van der Waals surface area contributed by atoms with E-state index in [1.165, 1.54) is 0 Å². The first-order valence-electron chi connectivity index (χ1n) is 7.72. The van der Waals surface area contributed by atoms with E-state index in [0.717, 1.165) is 11.8 Å². The molecule has 5 heteroatoms. The van der Waals surface area contributed by atoms with Gasteiger partial charge in [-0.05, 0) is 57.0 Å². The minimum atomic E-state index is -0.318. The van der Waals surface area contributed by atoms with Gasteiger partial charge < -0.3 is 15.3 Å². The highest BCUT2D eigenvalue weighted by atomic mass is 32.1. The Hall–Kier alpha value is -1.46. The number of hydrogen-bond donors (Lipinski definition) is 1. The van der Waals surface area contributed by atoms with E-state index in [1.807, 2.05) is 77.4 Å². The normalized spacial score (nSPS) is 10.8. The predicted octanol–water partition coefficient (Wildman–Crippen LogP) is 4.90. The lowest BCUT2D eigenvalue weighted by Crippen LogP contribution is -2.17. The standard InChI is InChI=1S/C7H9NOS.C5H10O2.C4H8.C2H6/c8-7(1-3-9)6-2-4-10-5-6;1-5(2,3)7-4-6;1-3-4-2;1-2/h2-5,7H,1,8H2;4H,1-3H3;3-4H,1-2H3;1-2H3/b;;4-3-;. The van der Waals surface area contributed by atoms with Crippen molar-refractivity contribution in [1.29, 1.82) is 0 Å². The summed E-state index contributed by atoms with van der Waals surface area (Å²) >= 11 is 1.60. The number of rotatable bonds is 4. The van der Waals surface area contributed by atoms with Crippen molar-refractivity contribution in [3.8, 4) is 0 Å². The Bertz CT molecular complexity index is 377. The summed E-state index contributed by atoms with van der Waals surface area (Å²) < 4.78 is 4.55. The van der Waals surface area contributed by atoms with Crippen LogP contribution in [-0.4, -0.2) is 18.4 Å². The first-order chi connectivity index (χ1) is 10.8. The van der Waals surface area contributed by atoms with Gasteiger partial charge in [-0.1, -0.05) is 26.0 Å². The second kappa shape index (κ2) is 18.6. The zero-order chi connectivity index (χ0) is 18.7. The molecule has 2 N–H and O–H groups in total. The molecule has 1 rings (SSSR count). The average Bonchev–Trinajstić information content (AvgIpc) is 3.04. The van der Waals surface area contributed by atoms with E-state index in [1.54, 1.807) is 11.3 Å². The monoisotopic (exact) mass is 343 g/mol. The molecule has 1 aromatic rings. The van der Waals surface area contributed by atoms with Crippen molar-refractivity contribution in [2.45, 2.75) is 66.5 Å². The van der Waals surface area contributed by atoms with Gasteiger partial charge in [0.05, 0.1) is 0 Å². The number of ether oxygens (including phenoxy) is 1. The number of nitrogens with two attached hydrogens (primary N) is 1. The molecule has 1 aromatic heterocycles. The van der Waals surface area contributed by atoms with Crippen molar-refractivity contribution in [1.82, 2.24) is 0 Å². The van der Waals surface area contributed by atoms with Gasteiger partial charge in [-0.15, -0.1) is 0 Å². The molecular weight excluding hydrogens is 310 g/mol. The number of hydrogen-bond acceptors (Lipinski definition) is 5. The fraction of sp³-hybridized carbons (Fsp3) is 0.556. The van der Waals surface area contributed by atoms with Crippen LogP contribution in [0.2, 0.25) is 0 Å². The number of aldehydes is 1. The summed E-state index contributed by atoms with van der Waals surface area (Å²) in [4.78, 5) is 19.6. The van der Waals surface area contributed by atoms with E-state index in [4.69, 9.17) is 5.73 Å². The largest absolute Gasteiger partial charge is 0.462 e. The van der Waals surface area contributed by atoms with Crippen molar-refractivity contribution in [3.63, 3.8) is 0 Å². The summed E-state index contributed by atoms with van der Waals surface area (Å²) in [5.41, 5.74) is 6.36. The number of carbonyl (C=O) groups is 2. The quantitative estimate of drug-likeness (QED) is 0.623. The molecule has 4 nitrogen and oxygen atoms in total. The Morgan fingerprint density at radius 1 is 1.22 bits per heavy atom. The van der Waals surface area contributed by atoms with Gasteiger partial charge in [0, 0.05) is 12.5 Å². The molecule has 0 radical (unpaired) electrons. The molecule has 0 spiro atoms. The predicted molar refractivity (Wildman–Crippen MR) is 101 cm³/mol. The van der Waals surface area contributed by atoms with Crippen molar-refractivity contribution < 1.29 is 14.3 Å². The van der Waals surface area contributed by atoms with Crippen LogP contribution in [0.4, 0.5) is 0 Å². The van der Waals surface area contributed by atoms with Crippen molar-refractivity contribution in [2.24, 2.45) is 5.73 Å². The summed E-state index contributed by atoms with van der Waals surface area (Å²) in [5.74, 6) is 0. The second-order valence-corrected chi connectivity index (χ2v) is 5.84. The minimum absolute atomic E-state index is 0.108. The summed E-state index contributed by atoms with van der Waals surface area (Å²) in [6.07, 6.45) is 5.26. The molecule has 134 valence electrons. The van der Waals surface area contributed by atoms with Gasteiger partial charge in [-0.2, -0.15) is 11.3 Å². The van der Waals surface area contributed by atoms with Gasteiger partial charge in [-0.25, -0.2) is 0 Å². The molecule has 0 aliphatic heterocycles. The molecule has 0 bridgehead atoms. The third kappa shape index (κ3) is 22.9. The molecule has 1 unspecified atom stereocenters. The number of carbonyl (C=O) groups excluding carboxylic acids is 2. The first-order valence-corrected chi connectivity index (χ1v) is 8.66. The fourth-order valence-corrected chi connectivity index (χ4v) is 1.59. The van der Waals surface area contributed by atoms with E-state index >= 15 is 0 Å². The second-order valence-electron chi connectivity index (χ2n) is 5.06. The van der Waals surface area contributed by atoms with Crippen LogP contribution in [0.25, 0.3) is 0 Å². The fourth-order valence-electron chi connectivity index (χ4n) is 0.870. The highest BCUT2D eigenvalue weighted by Crippen LogP contribution is 2.15. The van der Waals surface area contributed by atoms with Crippen LogP contribution in [0.5, 0.6) is 0 Å². The zero-order valence-corrected chi connectivity index (χ0v) is 16.4. The lowest BCUT2D eigenvalue weighted by atomic mass is 10.1. The third-order valence-electron chi connectivity index (χ3n) is 2.06.